The predicted octanol–water partition coefficient (Wildman–Crippen LogP) is 3.63. The van der Waals surface area contributed by atoms with E-state index in [4.69, 9.17) is 32.7 Å². The third kappa shape index (κ3) is 6.20. The number of para-hydroxylation sites is 1. The largest absolute Gasteiger partial charge is 0.496 e. The van der Waals surface area contributed by atoms with E-state index in [2.05, 4.69) is 10.9 Å². The molecule has 142 valence electrons. The number of ether oxygens (including phenoxy) is 2. The van der Waals surface area contributed by atoms with E-state index in [9.17, 15) is 9.59 Å². The molecule has 0 aliphatic rings. The van der Waals surface area contributed by atoms with Crippen LogP contribution in [0.15, 0.2) is 48.5 Å². The zero-order valence-corrected chi connectivity index (χ0v) is 16.2. The van der Waals surface area contributed by atoms with E-state index in [0.29, 0.717) is 16.5 Å². The lowest BCUT2D eigenvalue weighted by Gasteiger charge is -2.15. The third-order valence-corrected chi connectivity index (χ3v) is 3.96. The van der Waals surface area contributed by atoms with Crippen molar-refractivity contribution in [2.45, 2.75) is 13.0 Å². The Morgan fingerprint density at radius 2 is 1.81 bits per heavy atom. The van der Waals surface area contributed by atoms with E-state index >= 15 is 0 Å². The van der Waals surface area contributed by atoms with Gasteiger partial charge in [0.15, 0.2) is 6.10 Å². The number of hydrogen-bond acceptors (Lipinski definition) is 4. The number of hydrogen-bond donors (Lipinski definition) is 2. The maximum atomic E-state index is 12.0. The Balaban J connectivity index is 1.86. The lowest BCUT2D eigenvalue weighted by Crippen LogP contribution is -2.46. The second-order valence-electron chi connectivity index (χ2n) is 5.39. The monoisotopic (exact) mass is 408 g/mol. The van der Waals surface area contributed by atoms with E-state index in [-0.39, 0.29) is 5.02 Å². The molecule has 0 aromatic heterocycles. The van der Waals surface area contributed by atoms with Crippen molar-refractivity contribution in [3.8, 4) is 11.5 Å². The summed E-state index contributed by atoms with van der Waals surface area (Å²) in [4.78, 5) is 23.9. The molecule has 0 spiro atoms. The lowest BCUT2D eigenvalue weighted by molar-refractivity contribution is -0.131. The first-order chi connectivity index (χ1) is 12.9. The molecule has 27 heavy (non-hydrogen) atoms. The van der Waals surface area contributed by atoms with Gasteiger partial charge in [-0.25, -0.2) is 0 Å². The minimum absolute atomic E-state index is 0.283. The van der Waals surface area contributed by atoms with Crippen molar-refractivity contribution in [3.63, 3.8) is 0 Å². The first-order valence-corrected chi connectivity index (χ1v) is 8.69. The van der Waals surface area contributed by atoms with Crippen molar-refractivity contribution >= 4 is 41.1 Å². The first kappa shape index (κ1) is 20.6. The quantitative estimate of drug-likeness (QED) is 0.565. The molecule has 2 amide bonds. The molecular formula is C19H18Cl2N2O4. The number of carbonyl (C=O) groups excluding carboxylic acids is 2. The maximum absolute atomic E-state index is 12.0. The molecule has 0 bridgehead atoms. The van der Waals surface area contributed by atoms with Gasteiger partial charge in [0.1, 0.15) is 11.5 Å². The molecule has 8 heteroatoms. The molecule has 2 N–H and O–H groups in total. The molecule has 0 aliphatic carbocycles. The zero-order valence-electron chi connectivity index (χ0n) is 14.7. The lowest BCUT2D eigenvalue weighted by atomic mass is 10.2. The van der Waals surface area contributed by atoms with Gasteiger partial charge in [0.2, 0.25) is 0 Å². The van der Waals surface area contributed by atoms with E-state index in [1.165, 1.54) is 19.1 Å². The summed E-state index contributed by atoms with van der Waals surface area (Å²) < 4.78 is 10.7. The molecule has 0 aliphatic heterocycles. The second kappa shape index (κ2) is 9.85. The van der Waals surface area contributed by atoms with E-state index in [0.717, 1.165) is 5.56 Å². The summed E-state index contributed by atoms with van der Waals surface area (Å²) >= 11 is 11.8. The summed E-state index contributed by atoms with van der Waals surface area (Å²) in [6.45, 7) is 1.52. The number of halogens is 2. The highest BCUT2D eigenvalue weighted by atomic mass is 35.5. The molecule has 2 aromatic carbocycles. The van der Waals surface area contributed by atoms with Crippen molar-refractivity contribution in [1.82, 2.24) is 10.9 Å². The first-order valence-electron chi connectivity index (χ1n) is 7.93. The number of rotatable bonds is 6. The molecule has 1 atom stereocenters. The van der Waals surface area contributed by atoms with Crippen molar-refractivity contribution in [2.24, 2.45) is 0 Å². The molecule has 0 fully saturated rings. The van der Waals surface area contributed by atoms with Gasteiger partial charge >= 0.3 is 0 Å². The van der Waals surface area contributed by atoms with Gasteiger partial charge in [0.05, 0.1) is 12.1 Å². The van der Waals surface area contributed by atoms with Crippen LogP contribution in [0.2, 0.25) is 10.0 Å². The zero-order chi connectivity index (χ0) is 19.8. The molecular weight excluding hydrogens is 391 g/mol. The van der Waals surface area contributed by atoms with Crippen molar-refractivity contribution < 1.29 is 19.1 Å². The van der Waals surface area contributed by atoms with E-state index in [1.807, 2.05) is 12.1 Å². The Morgan fingerprint density at radius 3 is 2.52 bits per heavy atom. The van der Waals surface area contributed by atoms with Gasteiger partial charge in [0, 0.05) is 16.7 Å². The van der Waals surface area contributed by atoms with Crippen LogP contribution in [0.25, 0.3) is 6.08 Å². The van der Waals surface area contributed by atoms with E-state index < -0.39 is 17.9 Å². The van der Waals surface area contributed by atoms with Crippen molar-refractivity contribution in [1.29, 1.82) is 0 Å². The summed E-state index contributed by atoms with van der Waals surface area (Å²) in [5.74, 6) is -0.107. The minimum Gasteiger partial charge on any atom is -0.496 e. The molecule has 0 saturated heterocycles. The van der Waals surface area contributed by atoms with Crippen LogP contribution < -0.4 is 20.3 Å². The number of carbonyl (C=O) groups is 2. The molecule has 0 radical (unpaired) electrons. The Labute approximate surface area is 167 Å². The van der Waals surface area contributed by atoms with Gasteiger partial charge in [-0.2, -0.15) is 0 Å². The summed E-state index contributed by atoms with van der Waals surface area (Å²) in [7, 11) is 1.54. The van der Waals surface area contributed by atoms with Gasteiger partial charge in [-0.15, -0.1) is 0 Å². The van der Waals surface area contributed by atoms with Crippen molar-refractivity contribution in [3.05, 3.63) is 64.1 Å². The SMILES string of the molecule is COc1ccccc1C=CC(=O)NNC(=O)C(C)Oc1ccc(Cl)cc1Cl. The fourth-order valence-electron chi connectivity index (χ4n) is 2.05. The van der Waals surface area contributed by atoms with Crippen LogP contribution in [0.1, 0.15) is 12.5 Å². The second-order valence-corrected chi connectivity index (χ2v) is 6.23. The maximum Gasteiger partial charge on any atom is 0.279 e. The average Bonchev–Trinajstić information content (AvgIpc) is 2.66. The topological polar surface area (TPSA) is 76.7 Å². The Bertz CT molecular complexity index is 855. The van der Waals surface area contributed by atoms with E-state index in [1.54, 1.807) is 37.5 Å². The molecule has 0 heterocycles. The Hall–Kier alpha value is -2.70. The van der Waals surface area contributed by atoms with Gasteiger partial charge in [-0.05, 0) is 37.3 Å². The summed E-state index contributed by atoms with van der Waals surface area (Å²) in [5, 5.41) is 0.740. The number of nitrogens with one attached hydrogen (secondary N) is 2. The fourth-order valence-corrected chi connectivity index (χ4v) is 2.50. The van der Waals surface area contributed by atoms with Crippen LogP contribution in [-0.2, 0) is 9.59 Å². The Morgan fingerprint density at radius 1 is 1.07 bits per heavy atom. The van der Waals surface area contributed by atoms with Crippen LogP contribution >= 0.6 is 23.2 Å². The summed E-state index contributed by atoms with van der Waals surface area (Å²) in [6.07, 6.45) is 1.97. The molecule has 2 aromatic rings. The average molecular weight is 409 g/mol. The number of methoxy groups -OCH3 is 1. The molecule has 2 rings (SSSR count). The molecule has 6 nitrogen and oxygen atoms in total. The Kier molecular flexibility index (Phi) is 7.52. The molecule has 0 saturated carbocycles. The standard InChI is InChI=1S/C19H18Cl2N2O4/c1-12(27-17-9-8-14(20)11-15(17)21)19(25)23-22-18(24)10-7-13-5-3-4-6-16(13)26-2/h3-12H,1-2H3,(H,22,24)(H,23,25). The van der Waals surface area contributed by atoms with Crippen LogP contribution in [0.4, 0.5) is 0 Å². The van der Waals surface area contributed by atoms with Crippen LogP contribution in [0, 0.1) is 0 Å². The highest BCUT2D eigenvalue weighted by Crippen LogP contribution is 2.28. The van der Waals surface area contributed by atoms with Gasteiger partial charge < -0.3 is 9.47 Å². The highest BCUT2D eigenvalue weighted by Gasteiger charge is 2.16. The van der Waals surface area contributed by atoms with Gasteiger partial charge in [0.25, 0.3) is 11.8 Å². The van der Waals surface area contributed by atoms with Gasteiger partial charge in [-0.1, -0.05) is 41.4 Å². The van der Waals surface area contributed by atoms with Crippen LogP contribution in [0.3, 0.4) is 0 Å². The fraction of sp³-hybridized carbons (Fsp3) is 0.158. The predicted molar refractivity (Wildman–Crippen MR) is 105 cm³/mol. The molecule has 1 unspecified atom stereocenters. The smallest absolute Gasteiger partial charge is 0.279 e. The number of hydrazine groups is 1. The third-order valence-electron chi connectivity index (χ3n) is 3.43. The highest BCUT2D eigenvalue weighted by molar-refractivity contribution is 6.35. The minimum atomic E-state index is -0.887. The number of amides is 2. The van der Waals surface area contributed by atoms with Crippen molar-refractivity contribution in [2.75, 3.05) is 7.11 Å². The van der Waals surface area contributed by atoms with Gasteiger partial charge in [-0.3, -0.25) is 20.4 Å². The normalized spacial score (nSPS) is 11.7. The summed E-state index contributed by atoms with van der Waals surface area (Å²) in [6, 6.07) is 11.9. The summed E-state index contributed by atoms with van der Waals surface area (Å²) in [5.41, 5.74) is 5.30. The number of benzene rings is 2. The van der Waals surface area contributed by atoms with Crippen LogP contribution in [-0.4, -0.2) is 25.0 Å². The van der Waals surface area contributed by atoms with Crippen LogP contribution in [0.5, 0.6) is 11.5 Å².